The SMILES string of the molecule is Cc1cccc(Cn2c(C)c(C)c3cc(OC(=O)O)nc(N4CCc5ccccc5C4)c32)c1. The number of nitrogens with zero attached hydrogens (tertiary/aromatic N) is 3. The van der Waals surface area contributed by atoms with Crippen LogP contribution in [0, 0.1) is 20.8 Å². The molecule has 1 aliphatic heterocycles. The monoisotopic (exact) mass is 441 g/mol. The van der Waals surface area contributed by atoms with Crippen LogP contribution >= 0.6 is 0 Å². The van der Waals surface area contributed by atoms with Crippen LogP contribution in [0.15, 0.2) is 54.6 Å². The number of carboxylic acid groups (broad SMARTS) is 1. The molecule has 0 bridgehead atoms. The molecular formula is C27H27N3O3. The molecule has 33 heavy (non-hydrogen) atoms. The molecule has 0 saturated heterocycles. The zero-order valence-corrected chi connectivity index (χ0v) is 19.1. The summed E-state index contributed by atoms with van der Waals surface area (Å²) in [7, 11) is 0. The molecule has 0 amide bonds. The maximum Gasteiger partial charge on any atom is 0.512 e. The Hall–Kier alpha value is -3.80. The van der Waals surface area contributed by atoms with Gasteiger partial charge in [0.05, 0.1) is 5.52 Å². The predicted molar refractivity (Wildman–Crippen MR) is 129 cm³/mol. The zero-order valence-electron chi connectivity index (χ0n) is 19.1. The highest BCUT2D eigenvalue weighted by Crippen LogP contribution is 2.37. The van der Waals surface area contributed by atoms with Crippen molar-refractivity contribution in [3.8, 4) is 5.88 Å². The van der Waals surface area contributed by atoms with Crippen molar-refractivity contribution < 1.29 is 14.6 Å². The zero-order chi connectivity index (χ0) is 23.1. The second kappa shape index (κ2) is 8.28. The Balaban J connectivity index is 1.68. The Bertz CT molecular complexity index is 1370. The Morgan fingerprint density at radius 1 is 1.06 bits per heavy atom. The number of benzene rings is 2. The van der Waals surface area contributed by atoms with Gasteiger partial charge in [-0.2, -0.15) is 4.98 Å². The summed E-state index contributed by atoms with van der Waals surface area (Å²) >= 11 is 0. The Kier molecular flexibility index (Phi) is 5.29. The van der Waals surface area contributed by atoms with Crippen LogP contribution in [0.1, 0.15) is 33.5 Å². The fourth-order valence-electron chi connectivity index (χ4n) is 4.85. The number of pyridine rings is 1. The third-order valence-electron chi connectivity index (χ3n) is 6.62. The van der Waals surface area contributed by atoms with Crippen LogP contribution in [0.25, 0.3) is 10.9 Å². The highest BCUT2D eigenvalue weighted by Gasteiger charge is 2.25. The van der Waals surface area contributed by atoms with Crippen LogP contribution in [0.5, 0.6) is 5.88 Å². The quantitative estimate of drug-likeness (QED) is 0.416. The molecule has 0 radical (unpaired) electrons. The third kappa shape index (κ3) is 3.93. The summed E-state index contributed by atoms with van der Waals surface area (Å²) in [5, 5.41) is 10.2. The molecular weight excluding hydrogens is 414 g/mol. The minimum absolute atomic E-state index is 0.111. The topological polar surface area (TPSA) is 67.6 Å². The van der Waals surface area contributed by atoms with Gasteiger partial charge in [-0.15, -0.1) is 0 Å². The first kappa shape index (κ1) is 21.1. The van der Waals surface area contributed by atoms with Crippen molar-refractivity contribution in [1.29, 1.82) is 0 Å². The normalized spacial score (nSPS) is 13.2. The second-order valence-electron chi connectivity index (χ2n) is 8.77. The second-order valence-corrected chi connectivity index (χ2v) is 8.77. The molecule has 0 spiro atoms. The fourth-order valence-corrected chi connectivity index (χ4v) is 4.85. The van der Waals surface area contributed by atoms with Crippen LogP contribution in [0.4, 0.5) is 10.6 Å². The van der Waals surface area contributed by atoms with E-state index in [1.807, 2.05) is 0 Å². The van der Waals surface area contributed by atoms with Gasteiger partial charge in [-0.3, -0.25) is 0 Å². The summed E-state index contributed by atoms with van der Waals surface area (Å²) in [6, 6.07) is 18.7. The van der Waals surface area contributed by atoms with E-state index in [9.17, 15) is 9.90 Å². The minimum atomic E-state index is -1.36. The van der Waals surface area contributed by atoms with Gasteiger partial charge in [0.15, 0.2) is 5.82 Å². The van der Waals surface area contributed by atoms with Gasteiger partial charge >= 0.3 is 6.16 Å². The van der Waals surface area contributed by atoms with E-state index in [2.05, 4.69) is 78.8 Å². The van der Waals surface area contributed by atoms with Crippen molar-refractivity contribution in [1.82, 2.24) is 9.55 Å². The summed E-state index contributed by atoms with van der Waals surface area (Å²) in [6.07, 6.45) is -0.440. The van der Waals surface area contributed by atoms with Crippen molar-refractivity contribution in [2.24, 2.45) is 0 Å². The lowest BCUT2D eigenvalue weighted by molar-refractivity contribution is 0.142. The molecule has 1 aliphatic rings. The van der Waals surface area contributed by atoms with E-state index in [0.717, 1.165) is 54.0 Å². The summed E-state index contributed by atoms with van der Waals surface area (Å²) in [4.78, 5) is 18.3. The van der Waals surface area contributed by atoms with Crippen molar-refractivity contribution >= 4 is 22.9 Å². The van der Waals surface area contributed by atoms with E-state index in [1.54, 1.807) is 6.07 Å². The lowest BCUT2D eigenvalue weighted by Gasteiger charge is -2.31. The molecule has 2 aromatic carbocycles. The van der Waals surface area contributed by atoms with Crippen molar-refractivity contribution in [3.05, 3.63) is 88.1 Å². The number of hydrogen-bond acceptors (Lipinski definition) is 4. The van der Waals surface area contributed by atoms with E-state index in [4.69, 9.17) is 9.72 Å². The van der Waals surface area contributed by atoms with Gasteiger partial charge in [0.1, 0.15) is 0 Å². The molecule has 5 rings (SSSR count). The summed E-state index contributed by atoms with van der Waals surface area (Å²) in [6.45, 7) is 8.54. The molecule has 0 unspecified atom stereocenters. The largest absolute Gasteiger partial charge is 0.512 e. The van der Waals surface area contributed by atoms with Gasteiger partial charge in [-0.1, -0.05) is 54.1 Å². The first-order valence-electron chi connectivity index (χ1n) is 11.2. The van der Waals surface area contributed by atoms with Crippen LogP contribution in [0.2, 0.25) is 0 Å². The van der Waals surface area contributed by atoms with E-state index in [1.165, 1.54) is 22.3 Å². The average molecular weight is 442 g/mol. The molecule has 0 aliphatic carbocycles. The Labute approximate surface area is 193 Å². The number of anilines is 1. The van der Waals surface area contributed by atoms with Gasteiger partial charge in [0.2, 0.25) is 5.88 Å². The number of aryl methyl sites for hydroxylation is 2. The van der Waals surface area contributed by atoms with E-state index in [-0.39, 0.29) is 5.88 Å². The smallest absolute Gasteiger partial charge is 0.449 e. The van der Waals surface area contributed by atoms with Gasteiger partial charge in [0, 0.05) is 36.8 Å². The van der Waals surface area contributed by atoms with Crippen LogP contribution in [0.3, 0.4) is 0 Å². The van der Waals surface area contributed by atoms with Gasteiger partial charge in [-0.25, -0.2) is 4.79 Å². The Morgan fingerprint density at radius 3 is 2.61 bits per heavy atom. The number of fused-ring (bicyclic) bond motifs is 2. The van der Waals surface area contributed by atoms with Gasteiger partial charge in [-0.05, 0) is 49.4 Å². The summed E-state index contributed by atoms with van der Waals surface area (Å²) in [5.74, 6) is 0.877. The maximum atomic E-state index is 11.3. The summed E-state index contributed by atoms with van der Waals surface area (Å²) in [5.41, 5.74) is 8.33. The Morgan fingerprint density at radius 2 is 1.85 bits per heavy atom. The van der Waals surface area contributed by atoms with E-state index >= 15 is 0 Å². The number of ether oxygens (including phenoxy) is 1. The van der Waals surface area contributed by atoms with Gasteiger partial charge < -0.3 is 19.3 Å². The highest BCUT2D eigenvalue weighted by atomic mass is 16.7. The minimum Gasteiger partial charge on any atom is -0.449 e. The summed E-state index contributed by atoms with van der Waals surface area (Å²) < 4.78 is 7.33. The molecule has 6 nitrogen and oxygen atoms in total. The molecule has 4 aromatic rings. The number of hydrogen-bond donors (Lipinski definition) is 1. The van der Waals surface area contributed by atoms with Gasteiger partial charge in [0.25, 0.3) is 0 Å². The highest BCUT2D eigenvalue weighted by molar-refractivity contribution is 5.95. The number of aromatic nitrogens is 2. The fraction of sp³-hybridized carbons (Fsp3) is 0.259. The van der Waals surface area contributed by atoms with Crippen molar-refractivity contribution in [3.63, 3.8) is 0 Å². The molecule has 3 heterocycles. The van der Waals surface area contributed by atoms with Crippen molar-refractivity contribution in [2.45, 2.75) is 40.3 Å². The van der Waals surface area contributed by atoms with Crippen molar-refractivity contribution in [2.75, 3.05) is 11.4 Å². The lowest BCUT2D eigenvalue weighted by Crippen LogP contribution is -2.31. The molecule has 168 valence electrons. The number of rotatable bonds is 4. The predicted octanol–water partition coefficient (Wildman–Crippen LogP) is 5.63. The maximum absolute atomic E-state index is 11.3. The van der Waals surface area contributed by atoms with Crippen LogP contribution in [-0.4, -0.2) is 27.4 Å². The lowest BCUT2D eigenvalue weighted by atomic mass is 10.00. The molecule has 0 saturated carbocycles. The van der Waals surface area contributed by atoms with E-state index in [0.29, 0.717) is 0 Å². The molecule has 6 heteroatoms. The van der Waals surface area contributed by atoms with Crippen LogP contribution in [-0.2, 0) is 19.5 Å². The average Bonchev–Trinajstić information content (AvgIpc) is 3.03. The van der Waals surface area contributed by atoms with Crippen LogP contribution < -0.4 is 9.64 Å². The first-order chi connectivity index (χ1) is 15.9. The van der Waals surface area contributed by atoms with E-state index < -0.39 is 6.16 Å². The number of carbonyl (C=O) groups is 1. The molecule has 0 atom stereocenters. The standard InChI is InChI=1S/C27H27N3O3/c1-17-7-6-8-20(13-17)15-30-19(3)18(2)23-14-24(33-27(31)32)28-26(25(23)30)29-12-11-21-9-4-5-10-22(21)16-29/h4-10,13-14H,11-12,15-16H2,1-3H3,(H,31,32). The molecule has 2 aromatic heterocycles. The molecule has 1 N–H and O–H groups in total. The third-order valence-corrected chi connectivity index (χ3v) is 6.62. The molecule has 0 fully saturated rings. The first-order valence-corrected chi connectivity index (χ1v) is 11.2.